The fraction of sp³-hybridized carbons (Fsp3) is 0.500. The Morgan fingerprint density at radius 1 is 1.25 bits per heavy atom. The maximum atomic E-state index is 10.8. The van der Waals surface area contributed by atoms with Crippen molar-refractivity contribution in [2.24, 2.45) is 0 Å². The summed E-state index contributed by atoms with van der Waals surface area (Å²) in [4.78, 5) is 10.8. The van der Waals surface area contributed by atoms with Gasteiger partial charge in [-0.3, -0.25) is 4.79 Å². The average molecular weight is 220 g/mol. The van der Waals surface area contributed by atoms with Crippen molar-refractivity contribution in [1.29, 1.82) is 0 Å². The first-order valence-electron chi connectivity index (χ1n) is 5.96. The van der Waals surface area contributed by atoms with Crippen LogP contribution in [0.15, 0.2) is 24.3 Å². The van der Waals surface area contributed by atoms with Gasteiger partial charge in [-0.25, -0.2) is 0 Å². The van der Waals surface area contributed by atoms with Gasteiger partial charge in [-0.2, -0.15) is 0 Å². The quantitative estimate of drug-likeness (QED) is 0.744. The minimum atomic E-state index is -0.765. The Labute approximate surface area is 97.3 Å². The molecule has 1 aromatic rings. The van der Waals surface area contributed by atoms with Gasteiger partial charge in [0.05, 0.1) is 5.92 Å². The molecule has 2 nitrogen and oxygen atoms in total. The molecule has 16 heavy (non-hydrogen) atoms. The van der Waals surface area contributed by atoms with E-state index in [9.17, 15) is 4.79 Å². The van der Waals surface area contributed by atoms with Gasteiger partial charge in [0, 0.05) is 0 Å². The van der Waals surface area contributed by atoms with Crippen LogP contribution in [0.25, 0.3) is 0 Å². The van der Waals surface area contributed by atoms with Crippen LogP contribution in [0.5, 0.6) is 0 Å². The number of rotatable bonds is 6. The van der Waals surface area contributed by atoms with Crippen molar-refractivity contribution in [1.82, 2.24) is 0 Å². The van der Waals surface area contributed by atoms with Crippen LogP contribution in [0.2, 0.25) is 0 Å². The number of carboxylic acids is 1. The molecule has 88 valence electrons. The normalized spacial score (nSPS) is 12.4. The topological polar surface area (TPSA) is 37.3 Å². The number of hydrogen-bond acceptors (Lipinski definition) is 1. The van der Waals surface area contributed by atoms with Crippen molar-refractivity contribution < 1.29 is 9.90 Å². The highest BCUT2D eigenvalue weighted by molar-refractivity contribution is 5.75. The van der Waals surface area contributed by atoms with Crippen LogP contribution in [0.1, 0.15) is 50.2 Å². The smallest absolute Gasteiger partial charge is 0.310 e. The summed E-state index contributed by atoms with van der Waals surface area (Å²) < 4.78 is 0. The van der Waals surface area contributed by atoms with Crippen LogP contribution in [-0.2, 0) is 11.2 Å². The molecule has 0 spiro atoms. The minimum absolute atomic E-state index is 0.412. The summed E-state index contributed by atoms with van der Waals surface area (Å²) in [6.07, 6.45) is 4.79. The van der Waals surface area contributed by atoms with Gasteiger partial charge < -0.3 is 5.11 Å². The molecule has 1 atom stereocenters. The Kier molecular flexibility index (Phi) is 5.03. The second-order valence-corrected chi connectivity index (χ2v) is 4.26. The third-order valence-corrected chi connectivity index (χ3v) is 2.92. The molecule has 0 aliphatic carbocycles. The van der Waals surface area contributed by atoms with Gasteiger partial charge in [-0.15, -0.1) is 0 Å². The lowest BCUT2D eigenvalue weighted by Crippen LogP contribution is -2.07. The average Bonchev–Trinajstić information content (AvgIpc) is 2.29. The van der Waals surface area contributed by atoms with E-state index in [1.54, 1.807) is 6.92 Å². The van der Waals surface area contributed by atoms with E-state index < -0.39 is 11.9 Å². The van der Waals surface area contributed by atoms with Crippen molar-refractivity contribution in [3.63, 3.8) is 0 Å². The van der Waals surface area contributed by atoms with Crippen LogP contribution < -0.4 is 0 Å². The fourth-order valence-electron chi connectivity index (χ4n) is 1.69. The number of hydrogen-bond donors (Lipinski definition) is 1. The van der Waals surface area contributed by atoms with Crippen molar-refractivity contribution in [2.75, 3.05) is 0 Å². The lowest BCUT2D eigenvalue weighted by atomic mass is 9.98. The summed E-state index contributed by atoms with van der Waals surface area (Å²) in [7, 11) is 0. The number of unbranched alkanes of at least 4 members (excludes halogenated alkanes) is 2. The van der Waals surface area contributed by atoms with Gasteiger partial charge >= 0.3 is 5.97 Å². The van der Waals surface area contributed by atoms with Crippen LogP contribution in [0, 0.1) is 0 Å². The first-order valence-corrected chi connectivity index (χ1v) is 5.96. The lowest BCUT2D eigenvalue weighted by Gasteiger charge is -2.07. The van der Waals surface area contributed by atoms with Crippen LogP contribution in [0.4, 0.5) is 0 Å². The summed E-state index contributed by atoms with van der Waals surface area (Å²) in [6, 6.07) is 7.95. The Morgan fingerprint density at radius 2 is 1.88 bits per heavy atom. The van der Waals surface area contributed by atoms with E-state index in [4.69, 9.17) is 5.11 Å². The predicted molar refractivity (Wildman–Crippen MR) is 65.7 cm³/mol. The maximum Gasteiger partial charge on any atom is 0.310 e. The summed E-state index contributed by atoms with van der Waals surface area (Å²) in [5.74, 6) is -1.18. The largest absolute Gasteiger partial charge is 0.481 e. The lowest BCUT2D eigenvalue weighted by molar-refractivity contribution is -0.138. The molecule has 0 radical (unpaired) electrons. The summed E-state index contributed by atoms with van der Waals surface area (Å²) in [6.45, 7) is 3.91. The number of aliphatic carboxylic acids is 1. The molecule has 1 N–H and O–H groups in total. The number of benzene rings is 1. The molecule has 0 aliphatic heterocycles. The fourth-order valence-corrected chi connectivity index (χ4v) is 1.69. The van der Waals surface area contributed by atoms with E-state index in [1.807, 2.05) is 24.3 Å². The number of carboxylic acid groups (broad SMARTS) is 1. The van der Waals surface area contributed by atoms with Crippen molar-refractivity contribution in [3.8, 4) is 0 Å². The van der Waals surface area contributed by atoms with Gasteiger partial charge in [0.15, 0.2) is 0 Å². The predicted octanol–water partition coefficient (Wildman–Crippen LogP) is 3.61. The zero-order valence-electron chi connectivity index (χ0n) is 10.1. The molecule has 1 aromatic carbocycles. The Morgan fingerprint density at radius 3 is 2.38 bits per heavy atom. The van der Waals surface area contributed by atoms with Gasteiger partial charge in [-0.1, -0.05) is 44.0 Å². The van der Waals surface area contributed by atoms with Gasteiger partial charge in [-0.05, 0) is 30.9 Å². The van der Waals surface area contributed by atoms with Crippen molar-refractivity contribution in [2.45, 2.75) is 45.4 Å². The second-order valence-electron chi connectivity index (χ2n) is 4.26. The Bertz CT molecular complexity index is 327. The molecule has 2 heteroatoms. The monoisotopic (exact) mass is 220 g/mol. The van der Waals surface area contributed by atoms with Gasteiger partial charge in [0.1, 0.15) is 0 Å². The number of carbonyl (C=O) groups is 1. The molecule has 0 heterocycles. The molecule has 1 unspecified atom stereocenters. The van der Waals surface area contributed by atoms with Gasteiger partial charge in [0.2, 0.25) is 0 Å². The molecule has 1 rings (SSSR count). The minimum Gasteiger partial charge on any atom is -0.481 e. The third-order valence-electron chi connectivity index (χ3n) is 2.92. The molecule has 0 bridgehead atoms. The number of aryl methyl sites for hydroxylation is 1. The van der Waals surface area contributed by atoms with Gasteiger partial charge in [0.25, 0.3) is 0 Å². The molecule has 0 saturated heterocycles. The van der Waals surface area contributed by atoms with E-state index in [1.165, 1.54) is 24.8 Å². The molecular formula is C14H20O2. The van der Waals surface area contributed by atoms with E-state index >= 15 is 0 Å². The van der Waals surface area contributed by atoms with Crippen LogP contribution in [-0.4, -0.2) is 11.1 Å². The summed E-state index contributed by atoms with van der Waals surface area (Å²) >= 11 is 0. The highest BCUT2D eigenvalue weighted by Gasteiger charge is 2.12. The SMILES string of the molecule is CCCCCc1ccc(C(C)C(=O)O)cc1. The maximum absolute atomic E-state index is 10.8. The second kappa shape index (κ2) is 6.31. The standard InChI is InChI=1S/C14H20O2/c1-3-4-5-6-12-7-9-13(10-8-12)11(2)14(15)16/h7-11H,3-6H2,1-2H3,(H,15,16). The highest BCUT2D eigenvalue weighted by atomic mass is 16.4. The molecule has 0 aromatic heterocycles. The first-order chi connectivity index (χ1) is 7.65. The summed E-state index contributed by atoms with van der Waals surface area (Å²) in [5.41, 5.74) is 2.18. The first kappa shape index (κ1) is 12.8. The zero-order valence-corrected chi connectivity index (χ0v) is 10.1. The van der Waals surface area contributed by atoms with Crippen molar-refractivity contribution in [3.05, 3.63) is 35.4 Å². The molecular weight excluding hydrogens is 200 g/mol. The molecule has 0 fully saturated rings. The Balaban J connectivity index is 2.57. The molecule has 0 aliphatic rings. The highest BCUT2D eigenvalue weighted by Crippen LogP contribution is 2.17. The third kappa shape index (κ3) is 3.69. The van der Waals surface area contributed by atoms with E-state index in [0.29, 0.717) is 0 Å². The molecule has 0 saturated carbocycles. The summed E-state index contributed by atoms with van der Waals surface area (Å²) in [5, 5.41) is 8.88. The van der Waals surface area contributed by atoms with E-state index in [2.05, 4.69) is 6.92 Å². The van der Waals surface area contributed by atoms with Crippen LogP contribution in [0.3, 0.4) is 0 Å². The molecule has 0 amide bonds. The van der Waals surface area contributed by atoms with Crippen molar-refractivity contribution >= 4 is 5.97 Å². The zero-order chi connectivity index (χ0) is 12.0. The van der Waals surface area contributed by atoms with E-state index in [0.717, 1.165) is 12.0 Å². The van der Waals surface area contributed by atoms with E-state index in [-0.39, 0.29) is 0 Å². The van der Waals surface area contributed by atoms with Crippen LogP contribution >= 0.6 is 0 Å². The Hall–Kier alpha value is -1.31.